The van der Waals surface area contributed by atoms with Crippen LogP contribution in [0.15, 0.2) is 18.2 Å². The fraction of sp³-hybridized carbons (Fsp3) is 0.533. The van der Waals surface area contributed by atoms with Crippen molar-refractivity contribution in [1.82, 2.24) is 20.2 Å². The van der Waals surface area contributed by atoms with Crippen LogP contribution in [-0.4, -0.2) is 33.4 Å². The van der Waals surface area contributed by atoms with E-state index in [1.165, 1.54) is 0 Å². The van der Waals surface area contributed by atoms with E-state index in [1.54, 1.807) is 0 Å². The van der Waals surface area contributed by atoms with Gasteiger partial charge in [0.15, 0.2) is 5.82 Å². The average Bonchev–Trinajstić information content (AvgIpc) is 2.87. The smallest absolute Gasteiger partial charge is 0.182 e. The first-order chi connectivity index (χ1) is 10.1. The number of tetrazole rings is 1. The van der Waals surface area contributed by atoms with Crippen LogP contribution in [0.25, 0.3) is 11.4 Å². The Morgan fingerprint density at radius 2 is 2.10 bits per heavy atom. The molecule has 1 aliphatic rings. The third-order valence-electron chi connectivity index (χ3n) is 4.25. The molecule has 1 aromatic heterocycles. The number of aromatic nitrogens is 4. The lowest BCUT2D eigenvalue weighted by molar-refractivity contribution is 0.0138. The highest BCUT2D eigenvalue weighted by Crippen LogP contribution is 2.33. The Kier molecular flexibility index (Phi) is 3.63. The molecule has 1 saturated heterocycles. The zero-order valence-corrected chi connectivity index (χ0v) is 12.5. The quantitative estimate of drug-likeness (QED) is 0.874. The predicted octanol–water partition coefficient (Wildman–Crippen LogP) is 2.05. The molecule has 1 aromatic carbocycles. The molecule has 0 bridgehead atoms. The highest BCUT2D eigenvalue weighted by molar-refractivity contribution is 5.63. The zero-order chi connectivity index (χ0) is 14.9. The molecule has 2 N–H and O–H groups in total. The van der Waals surface area contributed by atoms with Crippen LogP contribution in [0.4, 0.5) is 5.69 Å². The number of aryl methyl sites for hydroxylation is 1. The van der Waals surface area contributed by atoms with Crippen molar-refractivity contribution >= 4 is 5.69 Å². The zero-order valence-electron chi connectivity index (χ0n) is 12.5. The number of benzene rings is 1. The molecule has 6 nitrogen and oxygen atoms in total. The number of ether oxygens (including phenoxy) is 1. The first-order valence-corrected chi connectivity index (χ1v) is 7.28. The highest BCUT2D eigenvalue weighted by Gasteiger charge is 2.29. The van der Waals surface area contributed by atoms with Gasteiger partial charge in [-0.05, 0) is 59.4 Å². The molecule has 21 heavy (non-hydrogen) atoms. The van der Waals surface area contributed by atoms with Crippen LogP contribution in [0.5, 0.6) is 0 Å². The molecule has 1 aliphatic heterocycles. The van der Waals surface area contributed by atoms with E-state index in [2.05, 4.69) is 22.4 Å². The first kappa shape index (κ1) is 14.0. The normalized spacial score (nSPS) is 17.8. The van der Waals surface area contributed by atoms with E-state index < -0.39 is 0 Å². The summed E-state index contributed by atoms with van der Waals surface area (Å²) in [6.07, 6.45) is 2.07. The lowest BCUT2D eigenvalue weighted by Crippen LogP contribution is -2.31. The molecule has 112 valence electrons. The van der Waals surface area contributed by atoms with Crippen LogP contribution in [0.1, 0.15) is 25.3 Å². The lowest BCUT2D eigenvalue weighted by Gasteiger charge is -2.33. The van der Waals surface area contributed by atoms with Crippen LogP contribution in [0, 0.1) is 12.3 Å². The van der Waals surface area contributed by atoms with Crippen LogP contribution in [0.3, 0.4) is 0 Å². The average molecular weight is 287 g/mol. The van der Waals surface area contributed by atoms with E-state index >= 15 is 0 Å². The number of rotatable bonds is 3. The van der Waals surface area contributed by atoms with Crippen molar-refractivity contribution in [2.45, 2.75) is 33.2 Å². The Morgan fingerprint density at radius 3 is 2.81 bits per heavy atom. The second-order valence-corrected chi connectivity index (χ2v) is 6.16. The van der Waals surface area contributed by atoms with Gasteiger partial charge >= 0.3 is 0 Å². The molecule has 0 saturated carbocycles. The monoisotopic (exact) mass is 287 g/mol. The van der Waals surface area contributed by atoms with Gasteiger partial charge in [0.05, 0.1) is 6.54 Å². The van der Waals surface area contributed by atoms with Crippen molar-refractivity contribution in [1.29, 1.82) is 0 Å². The van der Waals surface area contributed by atoms with E-state index in [-0.39, 0.29) is 5.41 Å². The summed E-state index contributed by atoms with van der Waals surface area (Å²) in [5.41, 5.74) is 8.88. The minimum atomic E-state index is 0.185. The van der Waals surface area contributed by atoms with E-state index in [9.17, 15) is 0 Å². The molecule has 0 unspecified atom stereocenters. The molecule has 0 spiro atoms. The summed E-state index contributed by atoms with van der Waals surface area (Å²) >= 11 is 0. The van der Waals surface area contributed by atoms with Gasteiger partial charge in [-0.25, -0.2) is 4.68 Å². The number of hydrogen-bond acceptors (Lipinski definition) is 5. The Balaban J connectivity index is 1.90. The molecule has 0 amide bonds. The van der Waals surface area contributed by atoms with Gasteiger partial charge in [-0.2, -0.15) is 0 Å². The summed E-state index contributed by atoms with van der Waals surface area (Å²) in [4.78, 5) is 0. The second-order valence-electron chi connectivity index (χ2n) is 6.16. The van der Waals surface area contributed by atoms with Crippen molar-refractivity contribution in [2.75, 3.05) is 18.9 Å². The largest absolute Gasteiger partial charge is 0.399 e. The fourth-order valence-electron chi connectivity index (χ4n) is 2.83. The Bertz CT molecular complexity index is 631. The van der Waals surface area contributed by atoms with Crippen molar-refractivity contribution in [3.8, 4) is 11.4 Å². The maximum atomic E-state index is 5.82. The van der Waals surface area contributed by atoms with Crippen LogP contribution in [-0.2, 0) is 11.3 Å². The molecule has 2 aromatic rings. The fourth-order valence-corrected chi connectivity index (χ4v) is 2.83. The molecule has 1 fully saturated rings. The molecule has 0 aliphatic carbocycles. The van der Waals surface area contributed by atoms with Crippen molar-refractivity contribution < 1.29 is 4.74 Å². The summed E-state index contributed by atoms with van der Waals surface area (Å²) in [5.74, 6) is 0.806. The molecule has 2 heterocycles. The summed E-state index contributed by atoms with van der Waals surface area (Å²) in [6, 6.07) is 5.82. The summed E-state index contributed by atoms with van der Waals surface area (Å²) in [6.45, 7) is 6.74. The molecular formula is C15H21N5O. The molecule has 6 heteroatoms. The number of nitrogens with two attached hydrogens (primary N) is 1. The number of anilines is 1. The van der Waals surface area contributed by atoms with Gasteiger partial charge in [0, 0.05) is 24.5 Å². The van der Waals surface area contributed by atoms with E-state index in [0.29, 0.717) is 0 Å². The Hall–Kier alpha value is -1.95. The molecule has 0 atom stereocenters. The standard InChI is InChI=1S/C15H21N5O/c1-11-9-12(16)3-4-13(11)14-17-18-19-20(14)10-15(2)5-7-21-8-6-15/h3-4,9H,5-8,10,16H2,1-2H3. The van der Waals surface area contributed by atoms with Gasteiger partial charge in [0.1, 0.15) is 0 Å². The SMILES string of the molecule is Cc1cc(N)ccc1-c1nnnn1CC1(C)CCOCC1. The van der Waals surface area contributed by atoms with E-state index in [4.69, 9.17) is 10.5 Å². The third kappa shape index (κ3) is 2.90. The van der Waals surface area contributed by atoms with Crippen molar-refractivity contribution in [3.63, 3.8) is 0 Å². The molecular weight excluding hydrogens is 266 g/mol. The predicted molar refractivity (Wildman–Crippen MR) is 80.6 cm³/mol. The Labute approximate surface area is 124 Å². The van der Waals surface area contributed by atoms with Crippen molar-refractivity contribution in [3.05, 3.63) is 23.8 Å². The second kappa shape index (κ2) is 5.44. The lowest BCUT2D eigenvalue weighted by atomic mass is 9.82. The maximum absolute atomic E-state index is 5.82. The van der Waals surface area contributed by atoms with E-state index in [1.807, 2.05) is 29.8 Å². The van der Waals surface area contributed by atoms with Crippen LogP contribution >= 0.6 is 0 Å². The highest BCUT2D eigenvalue weighted by atomic mass is 16.5. The maximum Gasteiger partial charge on any atom is 0.182 e. The molecule has 3 rings (SSSR count). The number of nitrogens with zero attached hydrogens (tertiary/aromatic N) is 4. The minimum Gasteiger partial charge on any atom is -0.399 e. The van der Waals surface area contributed by atoms with Gasteiger partial charge in [0.25, 0.3) is 0 Å². The summed E-state index contributed by atoms with van der Waals surface area (Å²) in [7, 11) is 0. The van der Waals surface area contributed by atoms with Gasteiger partial charge < -0.3 is 10.5 Å². The Morgan fingerprint density at radius 1 is 1.33 bits per heavy atom. The van der Waals surface area contributed by atoms with Gasteiger partial charge in [-0.1, -0.05) is 6.92 Å². The first-order valence-electron chi connectivity index (χ1n) is 7.28. The number of hydrogen-bond donors (Lipinski definition) is 1. The topological polar surface area (TPSA) is 78.9 Å². The summed E-state index contributed by atoms with van der Waals surface area (Å²) < 4.78 is 7.36. The van der Waals surface area contributed by atoms with Gasteiger partial charge in [-0.15, -0.1) is 5.10 Å². The number of nitrogen functional groups attached to an aromatic ring is 1. The minimum absolute atomic E-state index is 0.185. The van der Waals surface area contributed by atoms with Crippen LogP contribution < -0.4 is 5.73 Å². The summed E-state index contributed by atoms with van der Waals surface area (Å²) in [5, 5.41) is 12.2. The van der Waals surface area contributed by atoms with Gasteiger partial charge in [-0.3, -0.25) is 0 Å². The van der Waals surface area contributed by atoms with Crippen molar-refractivity contribution in [2.24, 2.45) is 5.41 Å². The molecule has 0 radical (unpaired) electrons. The van der Waals surface area contributed by atoms with Crippen LogP contribution in [0.2, 0.25) is 0 Å². The van der Waals surface area contributed by atoms with E-state index in [0.717, 1.165) is 55.2 Å². The van der Waals surface area contributed by atoms with Gasteiger partial charge in [0.2, 0.25) is 0 Å². The third-order valence-corrected chi connectivity index (χ3v) is 4.25.